The van der Waals surface area contributed by atoms with E-state index in [-0.39, 0.29) is 16.8 Å². The molecule has 1 heterocycles. The molecule has 0 radical (unpaired) electrons. The molecule has 2 N–H and O–H groups in total. The number of nitrogens with zero attached hydrogens (tertiary/aromatic N) is 1. The largest absolute Gasteiger partial charge is 0.385 e. The first kappa shape index (κ1) is 18.9. The van der Waals surface area contributed by atoms with Crippen molar-refractivity contribution < 1.29 is 9.72 Å². The Bertz CT molecular complexity index is 756. The molecule has 2 aromatic rings. The van der Waals surface area contributed by atoms with Crippen LogP contribution in [0.1, 0.15) is 55.5 Å². The first-order chi connectivity index (χ1) is 11.9. The zero-order valence-electron chi connectivity index (χ0n) is 14.7. The number of thiophene rings is 1. The quantitative estimate of drug-likeness (QED) is 0.382. The van der Waals surface area contributed by atoms with Crippen LogP contribution in [0, 0.1) is 10.1 Å². The summed E-state index contributed by atoms with van der Waals surface area (Å²) in [4.78, 5) is 23.0. The van der Waals surface area contributed by atoms with Gasteiger partial charge < -0.3 is 10.6 Å². The van der Waals surface area contributed by atoms with E-state index in [0.717, 1.165) is 42.0 Å². The summed E-state index contributed by atoms with van der Waals surface area (Å²) in [6.07, 6.45) is 2.16. The van der Waals surface area contributed by atoms with Crippen molar-refractivity contribution in [2.24, 2.45) is 0 Å². The minimum Gasteiger partial charge on any atom is -0.385 e. The molecule has 0 saturated heterocycles. The van der Waals surface area contributed by atoms with Crippen molar-refractivity contribution >= 4 is 32.9 Å². The predicted molar refractivity (Wildman–Crippen MR) is 103 cm³/mol. The highest BCUT2D eigenvalue weighted by Crippen LogP contribution is 2.31. The number of amides is 1. The van der Waals surface area contributed by atoms with E-state index in [0.29, 0.717) is 10.6 Å². The molecule has 0 spiro atoms. The number of hydrogen-bond donors (Lipinski definition) is 2. The van der Waals surface area contributed by atoms with Crippen LogP contribution in [0.15, 0.2) is 30.3 Å². The third-order valence-corrected chi connectivity index (χ3v) is 4.73. The number of rotatable bonds is 8. The minimum absolute atomic E-state index is 0.00867. The van der Waals surface area contributed by atoms with Gasteiger partial charge in [-0.15, -0.1) is 0 Å². The van der Waals surface area contributed by atoms with Crippen LogP contribution >= 0.6 is 11.3 Å². The van der Waals surface area contributed by atoms with Crippen molar-refractivity contribution in [3.8, 4) is 0 Å². The molecule has 0 aliphatic heterocycles. The Morgan fingerprint density at radius 3 is 2.64 bits per heavy atom. The van der Waals surface area contributed by atoms with Crippen molar-refractivity contribution in [3.63, 3.8) is 0 Å². The number of benzene rings is 1. The number of carbonyl (C=O) groups excluding carboxylic acids is 1. The first-order valence-electron chi connectivity index (χ1n) is 8.36. The third kappa shape index (κ3) is 4.79. The highest BCUT2D eigenvalue weighted by atomic mass is 32.1. The summed E-state index contributed by atoms with van der Waals surface area (Å²) in [6.45, 7) is 7.09. The monoisotopic (exact) mass is 361 g/mol. The maximum atomic E-state index is 12.7. The average Bonchev–Trinajstić information content (AvgIpc) is 3.03. The fourth-order valence-corrected chi connectivity index (χ4v) is 3.33. The van der Waals surface area contributed by atoms with Crippen LogP contribution in [0.25, 0.3) is 0 Å². The molecule has 6 nitrogen and oxygen atoms in total. The van der Waals surface area contributed by atoms with Gasteiger partial charge in [-0.05, 0) is 47.4 Å². The van der Waals surface area contributed by atoms with Crippen LogP contribution in [0.2, 0.25) is 0 Å². The fourth-order valence-electron chi connectivity index (χ4n) is 2.61. The van der Waals surface area contributed by atoms with Crippen molar-refractivity contribution in [2.75, 3.05) is 17.2 Å². The normalized spacial score (nSPS) is 10.7. The van der Waals surface area contributed by atoms with Gasteiger partial charge >= 0.3 is 5.00 Å². The molecule has 1 amide bonds. The molecule has 0 aliphatic rings. The van der Waals surface area contributed by atoms with Crippen LogP contribution in [-0.4, -0.2) is 17.4 Å². The van der Waals surface area contributed by atoms with Gasteiger partial charge in [0.25, 0.3) is 5.91 Å². The Kier molecular flexibility index (Phi) is 6.52. The van der Waals surface area contributed by atoms with E-state index < -0.39 is 4.92 Å². The Morgan fingerprint density at radius 2 is 2.04 bits per heavy atom. The molecule has 134 valence electrons. The lowest BCUT2D eigenvalue weighted by molar-refractivity contribution is -0.380. The molecule has 25 heavy (non-hydrogen) atoms. The molecule has 0 saturated carbocycles. The van der Waals surface area contributed by atoms with Crippen LogP contribution < -0.4 is 10.6 Å². The van der Waals surface area contributed by atoms with E-state index in [1.54, 1.807) is 12.1 Å². The zero-order valence-corrected chi connectivity index (χ0v) is 15.5. The Hall–Kier alpha value is -2.41. The molecule has 2 rings (SSSR count). The van der Waals surface area contributed by atoms with E-state index in [4.69, 9.17) is 0 Å². The predicted octanol–water partition coefficient (Wildman–Crippen LogP) is 5.24. The number of nitro groups is 1. The molecule has 0 aliphatic carbocycles. The molecule has 0 atom stereocenters. The summed E-state index contributed by atoms with van der Waals surface area (Å²) in [6, 6.07) is 8.58. The van der Waals surface area contributed by atoms with Gasteiger partial charge in [0.1, 0.15) is 5.00 Å². The summed E-state index contributed by atoms with van der Waals surface area (Å²) in [5.74, 6) is -0.0802. The number of nitrogens with one attached hydrogen (secondary N) is 2. The van der Waals surface area contributed by atoms with Gasteiger partial charge in [0.05, 0.1) is 4.92 Å². The summed E-state index contributed by atoms with van der Waals surface area (Å²) in [5.41, 5.74) is 2.52. The number of carbonyl (C=O) groups is 1. The highest BCUT2D eigenvalue weighted by molar-refractivity contribution is 7.19. The topological polar surface area (TPSA) is 84.3 Å². The van der Waals surface area contributed by atoms with Crippen molar-refractivity contribution in [3.05, 3.63) is 51.6 Å². The molecule has 0 unspecified atom stereocenters. The van der Waals surface area contributed by atoms with Crippen molar-refractivity contribution in [2.45, 2.75) is 39.5 Å². The standard InChI is InChI=1S/C18H23N3O3S/c1-4-5-11-19-14-8-6-7-13(17(14)12(2)3)18(22)20-15-9-10-16(25-15)21(23)24/h6-10,12,19H,4-5,11H2,1-3H3,(H,20,22). The van der Waals surface area contributed by atoms with Gasteiger partial charge in [0.2, 0.25) is 0 Å². The van der Waals surface area contributed by atoms with Crippen LogP contribution in [0.5, 0.6) is 0 Å². The van der Waals surface area contributed by atoms with Gasteiger partial charge in [-0.25, -0.2) is 0 Å². The van der Waals surface area contributed by atoms with Gasteiger partial charge in [0.15, 0.2) is 0 Å². The summed E-state index contributed by atoms with van der Waals surface area (Å²) >= 11 is 0.953. The van der Waals surface area contributed by atoms with Crippen LogP contribution in [0.4, 0.5) is 15.7 Å². The number of unbranched alkanes of at least 4 members (excludes halogenated alkanes) is 1. The van der Waals surface area contributed by atoms with Gasteiger partial charge in [-0.1, -0.05) is 33.3 Å². The Balaban J connectivity index is 2.25. The lowest BCUT2D eigenvalue weighted by Crippen LogP contribution is -2.16. The Morgan fingerprint density at radius 1 is 1.28 bits per heavy atom. The second kappa shape index (κ2) is 8.62. The van der Waals surface area contributed by atoms with Crippen molar-refractivity contribution in [1.82, 2.24) is 0 Å². The second-order valence-corrected chi connectivity index (χ2v) is 7.11. The second-order valence-electron chi connectivity index (χ2n) is 6.05. The van der Waals surface area contributed by atoms with E-state index in [2.05, 4.69) is 17.6 Å². The minimum atomic E-state index is -0.460. The van der Waals surface area contributed by atoms with Crippen molar-refractivity contribution in [1.29, 1.82) is 0 Å². The maximum absolute atomic E-state index is 12.7. The van der Waals surface area contributed by atoms with Crippen LogP contribution in [-0.2, 0) is 0 Å². The molecule has 0 bridgehead atoms. The highest BCUT2D eigenvalue weighted by Gasteiger charge is 2.19. The SMILES string of the molecule is CCCCNc1cccc(C(=O)Nc2ccc([N+](=O)[O-])s2)c1C(C)C. The molecule has 1 aromatic heterocycles. The molecule has 7 heteroatoms. The van der Waals surface area contributed by atoms with E-state index in [1.807, 2.05) is 26.0 Å². The fraction of sp³-hybridized carbons (Fsp3) is 0.389. The zero-order chi connectivity index (χ0) is 18.4. The Labute approximate surface area is 151 Å². The lowest BCUT2D eigenvalue weighted by atomic mass is 9.94. The van der Waals surface area contributed by atoms with Gasteiger partial charge in [-0.3, -0.25) is 14.9 Å². The number of anilines is 2. The van der Waals surface area contributed by atoms with E-state index >= 15 is 0 Å². The molecular weight excluding hydrogens is 338 g/mol. The molecule has 0 fully saturated rings. The lowest BCUT2D eigenvalue weighted by Gasteiger charge is -2.18. The van der Waals surface area contributed by atoms with E-state index in [1.165, 1.54) is 6.07 Å². The summed E-state index contributed by atoms with van der Waals surface area (Å²) in [7, 11) is 0. The molecule has 1 aromatic carbocycles. The average molecular weight is 361 g/mol. The summed E-state index contributed by atoms with van der Waals surface area (Å²) in [5, 5.41) is 17.4. The van der Waals surface area contributed by atoms with E-state index in [9.17, 15) is 14.9 Å². The van der Waals surface area contributed by atoms with Gasteiger partial charge in [-0.2, -0.15) is 0 Å². The van der Waals surface area contributed by atoms with Gasteiger partial charge in [0, 0.05) is 23.9 Å². The van der Waals surface area contributed by atoms with Crippen LogP contribution in [0.3, 0.4) is 0 Å². The third-order valence-electron chi connectivity index (χ3n) is 3.78. The maximum Gasteiger partial charge on any atom is 0.326 e. The molecular formula is C18H23N3O3S. The smallest absolute Gasteiger partial charge is 0.326 e. The first-order valence-corrected chi connectivity index (χ1v) is 9.18. The summed E-state index contributed by atoms with van der Waals surface area (Å²) < 4.78 is 0. The number of hydrogen-bond acceptors (Lipinski definition) is 5.